The topological polar surface area (TPSA) is 209 Å². The molecule has 1 aromatic rings. The van der Waals surface area contributed by atoms with Crippen LogP contribution in [-0.4, -0.2) is 89.6 Å². The highest BCUT2D eigenvalue weighted by Crippen LogP contribution is 2.31. The molecule has 1 aromatic heterocycles. The highest BCUT2D eigenvalue weighted by atomic mass is 16.6. The van der Waals surface area contributed by atoms with E-state index in [2.05, 4.69) is 4.98 Å². The average Bonchev–Trinajstić information content (AvgIpc) is 2.89. The first-order valence-electron chi connectivity index (χ1n) is 8.33. The number of rotatable bonds is 9. The minimum absolute atomic E-state index is 0.0561. The summed E-state index contributed by atoms with van der Waals surface area (Å²) in [7, 11) is 0. The molecule has 0 radical (unpaired) electrons. The zero-order valence-corrected chi connectivity index (χ0v) is 14.7. The number of nitrogens with two attached hydrogens (primary N) is 1. The predicted octanol–water partition coefficient (Wildman–Crippen LogP) is -2.99. The van der Waals surface area contributed by atoms with E-state index in [1.165, 1.54) is 12.3 Å². The van der Waals surface area contributed by atoms with E-state index in [4.69, 9.17) is 20.7 Å². The zero-order valence-electron chi connectivity index (χ0n) is 14.7. The van der Waals surface area contributed by atoms with E-state index in [9.17, 15) is 29.7 Å². The maximum atomic E-state index is 11.9. The fraction of sp³-hybridized carbons (Fsp3) is 0.600. The van der Waals surface area contributed by atoms with Crippen LogP contribution in [0.4, 0.5) is 5.82 Å². The van der Waals surface area contributed by atoms with E-state index in [0.717, 1.165) is 9.47 Å². The molecule has 1 fully saturated rings. The smallest absolute Gasteiger partial charge is 0.351 e. The van der Waals surface area contributed by atoms with Gasteiger partial charge in [-0.2, -0.15) is 4.98 Å². The minimum Gasteiger partial charge on any atom is -0.481 e. The quantitative estimate of drug-likeness (QED) is 0.229. The van der Waals surface area contributed by atoms with Crippen LogP contribution < -0.4 is 11.4 Å². The normalized spacial score (nSPS) is 25.7. The summed E-state index contributed by atoms with van der Waals surface area (Å²) in [5.74, 6) is -2.39. The Morgan fingerprint density at radius 1 is 1.21 bits per heavy atom. The summed E-state index contributed by atoms with van der Waals surface area (Å²) in [6, 6.07) is 1.28. The Kier molecular flexibility index (Phi) is 7.04. The van der Waals surface area contributed by atoms with Gasteiger partial charge in [-0.15, -0.1) is 0 Å². The molecule has 2 rings (SSSR count). The van der Waals surface area contributed by atoms with Crippen molar-refractivity contribution in [3.8, 4) is 0 Å². The van der Waals surface area contributed by atoms with Gasteiger partial charge in [-0.25, -0.2) is 4.79 Å². The van der Waals surface area contributed by atoms with Crippen LogP contribution in [0, 0.1) is 0 Å². The number of nitrogen functional groups attached to an aromatic ring is 1. The molecule has 5 atom stereocenters. The summed E-state index contributed by atoms with van der Waals surface area (Å²) in [5.41, 5.74) is 4.55. The van der Waals surface area contributed by atoms with Gasteiger partial charge in [0.2, 0.25) is 0 Å². The van der Waals surface area contributed by atoms with Crippen molar-refractivity contribution in [2.45, 2.75) is 43.6 Å². The summed E-state index contributed by atoms with van der Waals surface area (Å²) in [6.45, 7) is -0.443. The first-order valence-corrected chi connectivity index (χ1v) is 8.33. The Morgan fingerprint density at radius 3 is 2.29 bits per heavy atom. The number of aliphatic carboxylic acids is 2. The second-order valence-electron chi connectivity index (χ2n) is 6.25. The van der Waals surface area contributed by atoms with Gasteiger partial charge < -0.3 is 36.0 Å². The zero-order chi connectivity index (χ0) is 21.0. The van der Waals surface area contributed by atoms with Gasteiger partial charge in [0, 0.05) is 19.3 Å². The number of hydrogen-bond donors (Lipinski definition) is 6. The lowest BCUT2D eigenvalue weighted by Crippen LogP contribution is -2.50. The van der Waals surface area contributed by atoms with E-state index in [1.807, 2.05) is 0 Å². The van der Waals surface area contributed by atoms with Crippen LogP contribution in [0.2, 0.25) is 0 Å². The maximum absolute atomic E-state index is 11.9. The Morgan fingerprint density at radius 2 is 1.79 bits per heavy atom. The first kappa shape index (κ1) is 21.7. The monoisotopic (exact) mass is 402 g/mol. The van der Waals surface area contributed by atoms with Crippen LogP contribution in [0.1, 0.15) is 19.1 Å². The van der Waals surface area contributed by atoms with Gasteiger partial charge in [-0.3, -0.25) is 19.1 Å². The van der Waals surface area contributed by atoms with Crippen molar-refractivity contribution in [3.63, 3.8) is 0 Å². The van der Waals surface area contributed by atoms with Gasteiger partial charge in [0.1, 0.15) is 30.4 Å². The SMILES string of the molecule is Nc1ccn([C@@H]2O[C@H](C(O)N(CCC(=O)O)CCC(=O)O)[C@@H](O)[C@H]2O)c(=O)n1. The van der Waals surface area contributed by atoms with E-state index in [1.54, 1.807) is 0 Å². The van der Waals surface area contributed by atoms with E-state index in [0.29, 0.717) is 0 Å². The molecule has 0 bridgehead atoms. The van der Waals surface area contributed by atoms with Gasteiger partial charge in [0.05, 0.1) is 12.8 Å². The largest absolute Gasteiger partial charge is 0.481 e. The van der Waals surface area contributed by atoms with Crippen LogP contribution >= 0.6 is 0 Å². The molecule has 13 heteroatoms. The van der Waals surface area contributed by atoms with Crippen molar-refractivity contribution in [1.82, 2.24) is 14.5 Å². The average molecular weight is 402 g/mol. The fourth-order valence-electron chi connectivity index (χ4n) is 2.84. The number of ether oxygens (including phenoxy) is 1. The van der Waals surface area contributed by atoms with Crippen molar-refractivity contribution in [1.29, 1.82) is 0 Å². The van der Waals surface area contributed by atoms with Gasteiger partial charge in [-0.05, 0) is 6.07 Å². The molecule has 1 unspecified atom stereocenters. The molecule has 2 heterocycles. The van der Waals surface area contributed by atoms with Gasteiger partial charge in [0.15, 0.2) is 6.23 Å². The summed E-state index contributed by atoms with van der Waals surface area (Å²) in [6.07, 6.45) is -7.29. The number of anilines is 1. The summed E-state index contributed by atoms with van der Waals surface area (Å²) >= 11 is 0. The van der Waals surface area contributed by atoms with Crippen LogP contribution in [0.15, 0.2) is 17.1 Å². The van der Waals surface area contributed by atoms with E-state index < -0.39 is 61.2 Å². The molecule has 1 aliphatic rings. The number of aliphatic hydroxyl groups is 3. The summed E-state index contributed by atoms with van der Waals surface area (Å²) < 4.78 is 6.33. The first-order chi connectivity index (χ1) is 13.1. The number of hydrogen-bond acceptors (Lipinski definition) is 10. The van der Waals surface area contributed by atoms with Crippen LogP contribution in [0.5, 0.6) is 0 Å². The van der Waals surface area contributed by atoms with Crippen LogP contribution in [0.3, 0.4) is 0 Å². The number of carboxylic acids is 2. The van der Waals surface area contributed by atoms with Gasteiger partial charge in [-0.1, -0.05) is 0 Å². The molecule has 1 saturated heterocycles. The minimum atomic E-state index is -1.64. The molecular formula is C15H22N4O9. The van der Waals surface area contributed by atoms with Gasteiger partial charge in [0.25, 0.3) is 0 Å². The number of nitrogens with zero attached hydrogens (tertiary/aromatic N) is 3. The highest BCUT2D eigenvalue weighted by Gasteiger charge is 2.48. The number of carboxylic acid groups (broad SMARTS) is 2. The summed E-state index contributed by atoms with van der Waals surface area (Å²) in [4.78, 5) is 38.1. The number of aliphatic hydroxyl groups excluding tert-OH is 3. The summed E-state index contributed by atoms with van der Waals surface area (Å²) in [5, 5.41) is 48.7. The number of aromatic nitrogens is 2. The van der Waals surface area contributed by atoms with E-state index >= 15 is 0 Å². The second-order valence-corrected chi connectivity index (χ2v) is 6.25. The molecule has 156 valence electrons. The highest BCUT2D eigenvalue weighted by molar-refractivity contribution is 5.67. The Bertz CT molecular complexity index is 752. The number of carbonyl (C=O) groups is 2. The molecule has 28 heavy (non-hydrogen) atoms. The third-order valence-electron chi connectivity index (χ3n) is 4.29. The third-order valence-corrected chi connectivity index (χ3v) is 4.29. The maximum Gasteiger partial charge on any atom is 0.351 e. The third kappa shape index (κ3) is 5.02. The van der Waals surface area contributed by atoms with E-state index in [-0.39, 0.29) is 18.9 Å². The Hall–Kier alpha value is -2.58. The van der Waals surface area contributed by atoms with Crippen molar-refractivity contribution in [2.75, 3.05) is 18.8 Å². The lowest BCUT2D eigenvalue weighted by atomic mass is 10.1. The second kappa shape index (κ2) is 9.07. The fourth-order valence-corrected chi connectivity index (χ4v) is 2.84. The molecule has 0 aliphatic carbocycles. The molecule has 7 N–H and O–H groups in total. The van der Waals surface area contributed by atoms with Crippen LogP contribution in [0.25, 0.3) is 0 Å². The molecular weight excluding hydrogens is 380 g/mol. The standard InChI is InChI=1S/C15H22N4O9/c16-7-1-6-19(15(27)17-7)14-11(25)10(24)12(28-14)13(26)18(4-2-8(20)21)5-3-9(22)23/h1,6,10-14,24-26H,2-5H2,(H,20,21)(H,22,23)(H2,16,17,27)/t10-,11+,12-,13?,14+/m0/s1. The molecule has 0 spiro atoms. The van der Waals surface area contributed by atoms with Gasteiger partial charge >= 0.3 is 17.6 Å². The lowest BCUT2D eigenvalue weighted by Gasteiger charge is -2.31. The molecule has 0 saturated carbocycles. The Labute approximate surface area is 158 Å². The van der Waals surface area contributed by atoms with Crippen molar-refractivity contribution < 1.29 is 39.9 Å². The van der Waals surface area contributed by atoms with Crippen molar-refractivity contribution >= 4 is 17.8 Å². The van der Waals surface area contributed by atoms with Crippen molar-refractivity contribution in [2.24, 2.45) is 0 Å². The van der Waals surface area contributed by atoms with Crippen LogP contribution in [-0.2, 0) is 14.3 Å². The molecule has 0 amide bonds. The predicted molar refractivity (Wildman–Crippen MR) is 90.9 cm³/mol. The Balaban J connectivity index is 2.19. The molecule has 1 aliphatic heterocycles. The lowest BCUT2D eigenvalue weighted by molar-refractivity contribution is -0.150. The van der Waals surface area contributed by atoms with Crippen molar-refractivity contribution in [3.05, 3.63) is 22.7 Å². The molecule has 13 nitrogen and oxygen atoms in total. The molecule has 0 aromatic carbocycles.